The summed E-state index contributed by atoms with van der Waals surface area (Å²) in [6.45, 7) is 4.03. The van der Waals surface area contributed by atoms with Gasteiger partial charge in [0.05, 0.1) is 0 Å². The van der Waals surface area contributed by atoms with Gasteiger partial charge in [-0.25, -0.2) is 0 Å². The molecule has 74 valence electrons. The van der Waals surface area contributed by atoms with Crippen LogP contribution in [0.5, 0.6) is 5.75 Å². The van der Waals surface area contributed by atoms with Gasteiger partial charge in [0.1, 0.15) is 5.75 Å². The molecule has 1 aromatic carbocycles. The Bertz CT molecular complexity index is 347. The molecule has 0 aliphatic heterocycles. The van der Waals surface area contributed by atoms with E-state index in [2.05, 4.69) is 12.8 Å². The smallest absolute Gasteiger partial charge is 0.118 e. The van der Waals surface area contributed by atoms with Crippen molar-refractivity contribution < 1.29 is 5.11 Å². The van der Waals surface area contributed by atoms with Crippen molar-refractivity contribution in [3.63, 3.8) is 0 Å². The number of aryl methyl sites for hydroxylation is 1. The summed E-state index contributed by atoms with van der Waals surface area (Å²) in [5, 5.41) is 9.39. The quantitative estimate of drug-likeness (QED) is 0.722. The van der Waals surface area contributed by atoms with Crippen molar-refractivity contribution in [2.24, 2.45) is 0 Å². The summed E-state index contributed by atoms with van der Waals surface area (Å²) in [6.07, 6.45) is 7.11. The molecular weight excluding hydrogens is 172 g/mol. The maximum atomic E-state index is 9.39. The van der Waals surface area contributed by atoms with Crippen LogP contribution in [0.4, 0.5) is 0 Å². The second-order valence-electron chi connectivity index (χ2n) is 3.56. The summed E-state index contributed by atoms with van der Waals surface area (Å²) in [7, 11) is 0. The molecule has 1 N–H and O–H groups in total. The van der Waals surface area contributed by atoms with Crippen molar-refractivity contribution in [2.45, 2.75) is 32.6 Å². The SMILES string of the molecule is C#CCC(CC)c1ccc(O)c(C)c1. The molecule has 1 nitrogen and oxygen atoms in total. The van der Waals surface area contributed by atoms with Gasteiger partial charge in [-0.1, -0.05) is 19.1 Å². The Morgan fingerprint density at radius 1 is 1.50 bits per heavy atom. The summed E-state index contributed by atoms with van der Waals surface area (Å²) >= 11 is 0. The number of aromatic hydroxyl groups is 1. The molecule has 0 saturated heterocycles. The molecule has 1 rings (SSSR count). The fourth-order valence-electron chi connectivity index (χ4n) is 1.57. The van der Waals surface area contributed by atoms with Crippen molar-refractivity contribution >= 4 is 0 Å². The molecule has 0 heterocycles. The van der Waals surface area contributed by atoms with Crippen molar-refractivity contribution in [3.05, 3.63) is 29.3 Å². The number of hydrogen-bond acceptors (Lipinski definition) is 1. The zero-order valence-corrected chi connectivity index (χ0v) is 8.75. The highest BCUT2D eigenvalue weighted by Crippen LogP contribution is 2.26. The number of rotatable bonds is 3. The Labute approximate surface area is 85.8 Å². The van der Waals surface area contributed by atoms with Gasteiger partial charge in [-0.15, -0.1) is 12.3 Å². The first-order chi connectivity index (χ1) is 6.69. The van der Waals surface area contributed by atoms with Gasteiger partial charge in [0.25, 0.3) is 0 Å². The lowest BCUT2D eigenvalue weighted by Crippen LogP contribution is -1.96. The first kappa shape index (κ1) is 10.7. The number of phenolic OH excluding ortho intramolecular Hbond substituents is 1. The van der Waals surface area contributed by atoms with E-state index in [9.17, 15) is 5.11 Å². The molecule has 0 bridgehead atoms. The Morgan fingerprint density at radius 3 is 2.71 bits per heavy atom. The number of hydrogen-bond donors (Lipinski definition) is 1. The molecule has 1 heteroatoms. The van der Waals surface area contributed by atoms with E-state index >= 15 is 0 Å². The average molecular weight is 188 g/mol. The molecule has 0 spiro atoms. The van der Waals surface area contributed by atoms with E-state index in [0.29, 0.717) is 11.7 Å². The fourth-order valence-corrected chi connectivity index (χ4v) is 1.57. The predicted molar refractivity (Wildman–Crippen MR) is 59.3 cm³/mol. The van der Waals surface area contributed by atoms with Crippen LogP contribution in [0, 0.1) is 19.3 Å². The van der Waals surface area contributed by atoms with Gasteiger partial charge < -0.3 is 5.11 Å². The monoisotopic (exact) mass is 188 g/mol. The van der Waals surface area contributed by atoms with Gasteiger partial charge in [0, 0.05) is 6.42 Å². The Hall–Kier alpha value is -1.42. The van der Waals surface area contributed by atoms with Crippen LogP contribution < -0.4 is 0 Å². The van der Waals surface area contributed by atoms with Gasteiger partial charge in [-0.3, -0.25) is 0 Å². The van der Waals surface area contributed by atoms with Crippen molar-refractivity contribution in [1.82, 2.24) is 0 Å². The fraction of sp³-hybridized carbons (Fsp3) is 0.385. The topological polar surface area (TPSA) is 20.2 Å². The molecule has 0 radical (unpaired) electrons. The summed E-state index contributed by atoms with van der Waals surface area (Å²) < 4.78 is 0. The highest BCUT2D eigenvalue weighted by molar-refractivity contribution is 5.36. The Kier molecular flexibility index (Phi) is 3.59. The summed E-state index contributed by atoms with van der Waals surface area (Å²) in [5.41, 5.74) is 2.14. The molecule has 0 saturated carbocycles. The third-order valence-electron chi connectivity index (χ3n) is 2.55. The zero-order chi connectivity index (χ0) is 10.6. The van der Waals surface area contributed by atoms with Crippen LogP contribution in [0.3, 0.4) is 0 Å². The van der Waals surface area contributed by atoms with Crippen molar-refractivity contribution in [2.75, 3.05) is 0 Å². The van der Waals surface area contributed by atoms with Crippen LogP contribution in [-0.4, -0.2) is 5.11 Å². The first-order valence-electron chi connectivity index (χ1n) is 4.92. The third-order valence-corrected chi connectivity index (χ3v) is 2.55. The second-order valence-corrected chi connectivity index (χ2v) is 3.56. The molecule has 1 atom stereocenters. The summed E-state index contributed by atoms with van der Waals surface area (Å²) in [6, 6.07) is 5.71. The highest BCUT2D eigenvalue weighted by Gasteiger charge is 2.08. The molecule has 0 amide bonds. The second kappa shape index (κ2) is 4.72. The Balaban J connectivity index is 2.95. The van der Waals surface area contributed by atoms with E-state index < -0.39 is 0 Å². The maximum Gasteiger partial charge on any atom is 0.118 e. The van der Waals surface area contributed by atoms with E-state index in [1.54, 1.807) is 6.07 Å². The number of phenols is 1. The predicted octanol–water partition coefficient (Wildman–Crippen LogP) is 3.22. The third kappa shape index (κ3) is 2.29. The van der Waals surface area contributed by atoms with Gasteiger partial charge in [-0.2, -0.15) is 0 Å². The van der Waals surface area contributed by atoms with Crippen LogP contribution in [0.1, 0.15) is 36.8 Å². The molecule has 1 unspecified atom stereocenters. The van der Waals surface area contributed by atoms with Gasteiger partial charge in [0.15, 0.2) is 0 Å². The molecular formula is C13H16O. The van der Waals surface area contributed by atoms with Gasteiger partial charge in [0.2, 0.25) is 0 Å². The summed E-state index contributed by atoms with van der Waals surface area (Å²) in [5.74, 6) is 3.46. The molecule has 0 aliphatic rings. The number of benzene rings is 1. The normalized spacial score (nSPS) is 12.1. The first-order valence-corrected chi connectivity index (χ1v) is 4.92. The molecule has 0 aromatic heterocycles. The van der Waals surface area contributed by atoms with Gasteiger partial charge >= 0.3 is 0 Å². The lowest BCUT2D eigenvalue weighted by molar-refractivity contribution is 0.470. The molecule has 0 aliphatic carbocycles. The molecule has 1 aromatic rings. The number of terminal acetylenes is 1. The van der Waals surface area contributed by atoms with Crippen molar-refractivity contribution in [1.29, 1.82) is 0 Å². The van der Waals surface area contributed by atoms with Crippen LogP contribution in [0.15, 0.2) is 18.2 Å². The van der Waals surface area contributed by atoms with E-state index in [1.165, 1.54) is 5.56 Å². The lowest BCUT2D eigenvalue weighted by atomic mass is 9.92. The standard InChI is InChI=1S/C13H16O/c1-4-6-11(5-2)12-7-8-13(14)10(3)9-12/h1,7-9,11,14H,5-6H2,2-3H3. The average Bonchev–Trinajstić information content (AvgIpc) is 2.19. The van der Waals surface area contributed by atoms with Crippen molar-refractivity contribution in [3.8, 4) is 18.1 Å². The van der Waals surface area contributed by atoms with Crippen LogP contribution in [0.2, 0.25) is 0 Å². The molecule has 14 heavy (non-hydrogen) atoms. The van der Waals surface area contributed by atoms with E-state index in [0.717, 1.165) is 18.4 Å². The largest absolute Gasteiger partial charge is 0.508 e. The lowest BCUT2D eigenvalue weighted by Gasteiger charge is -2.13. The minimum Gasteiger partial charge on any atom is -0.508 e. The van der Waals surface area contributed by atoms with Crippen LogP contribution in [-0.2, 0) is 0 Å². The zero-order valence-electron chi connectivity index (χ0n) is 8.75. The molecule has 0 fully saturated rings. The van der Waals surface area contributed by atoms with E-state index in [4.69, 9.17) is 6.42 Å². The van der Waals surface area contributed by atoms with E-state index in [-0.39, 0.29) is 0 Å². The Morgan fingerprint density at radius 2 is 2.21 bits per heavy atom. The minimum atomic E-state index is 0.351. The van der Waals surface area contributed by atoms with Gasteiger partial charge in [-0.05, 0) is 36.5 Å². The highest BCUT2D eigenvalue weighted by atomic mass is 16.3. The maximum absolute atomic E-state index is 9.39. The van der Waals surface area contributed by atoms with E-state index in [1.807, 2.05) is 19.1 Å². The van der Waals surface area contributed by atoms with Crippen LogP contribution >= 0.6 is 0 Å². The minimum absolute atomic E-state index is 0.351. The summed E-state index contributed by atoms with van der Waals surface area (Å²) in [4.78, 5) is 0. The van der Waals surface area contributed by atoms with Crippen LogP contribution in [0.25, 0.3) is 0 Å².